The highest BCUT2D eigenvalue weighted by molar-refractivity contribution is 5.33. The fourth-order valence-corrected chi connectivity index (χ4v) is 1.23. The first kappa shape index (κ1) is 10.9. The molecule has 14 heavy (non-hydrogen) atoms. The summed E-state index contributed by atoms with van der Waals surface area (Å²) in [7, 11) is 0. The molecule has 0 aliphatic carbocycles. The zero-order valence-corrected chi connectivity index (χ0v) is 7.91. The maximum absolute atomic E-state index is 12.0. The van der Waals surface area contributed by atoms with Gasteiger partial charge in [0.25, 0.3) is 0 Å². The first-order valence-corrected chi connectivity index (χ1v) is 4.38. The van der Waals surface area contributed by atoms with Crippen LogP contribution in [0.15, 0.2) is 24.3 Å². The Bertz CT molecular complexity index is 260. The lowest BCUT2D eigenvalue weighted by molar-refractivity contribution is -0.0504. The fourth-order valence-electron chi connectivity index (χ4n) is 1.23. The minimum absolute atomic E-state index is 0.0718. The first-order chi connectivity index (χ1) is 6.59. The second kappa shape index (κ2) is 4.91. The standard InChI is InChI=1S/C10H13F2NO/c1-7(13)6-8-4-2-3-5-9(8)14-10(11)12/h2-5,7,10H,6,13H2,1H3. The molecular weight excluding hydrogens is 188 g/mol. The maximum Gasteiger partial charge on any atom is 0.387 e. The molecule has 0 bridgehead atoms. The van der Waals surface area contributed by atoms with E-state index in [2.05, 4.69) is 4.74 Å². The normalized spacial score (nSPS) is 12.9. The second-order valence-corrected chi connectivity index (χ2v) is 3.17. The second-order valence-electron chi connectivity index (χ2n) is 3.17. The molecule has 2 nitrogen and oxygen atoms in total. The third-order valence-corrected chi connectivity index (χ3v) is 1.73. The molecule has 2 N–H and O–H groups in total. The Kier molecular flexibility index (Phi) is 3.83. The highest BCUT2D eigenvalue weighted by Gasteiger charge is 2.09. The van der Waals surface area contributed by atoms with Crippen molar-refractivity contribution in [2.75, 3.05) is 0 Å². The Morgan fingerprint density at radius 3 is 2.57 bits per heavy atom. The summed E-state index contributed by atoms with van der Waals surface area (Å²) < 4.78 is 28.3. The number of hydrogen-bond acceptors (Lipinski definition) is 2. The number of nitrogens with two attached hydrogens (primary N) is 1. The van der Waals surface area contributed by atoms with Gasteiger partial charge < -0.3 is 10.5 Å². The summed E-state index contributed by atoms with van der Waals surface area (Å²) in [5.41, 5.74) is 6.29. The Balaban J connectivity index is 2.80. The molecule has 0 aliphatic rings. The van der Waals surface area contributed by atoms with Gasteiger partial charge in [-0.25, -0.2) is 0 Å². The van der Waals surface area contributed by atoms with E-state index in [0.717, 1.165) is 0 Å². The molecule has 0 aliphatic heterocycles. The van der Waals surface area contributed by atoms with Crippen molar-refractivity contribution in [1.29, 1.82) is 0 Å². The molecule has 1 rings (SSSR count). The molecule has 0 heterocycles. The van der Waals surface area contributed by atoms with Crippen molar-refractivity contribution in [1.82, 2.24) is 0 Å². The summed E-state index contributed by atoms with van der Waals surface area (Å²) in [6.45, 7) is -0.969. The SMILES string of the molecule is CC(N)Cc1ccccc1OC(F)F. The molecular formula is C10H13F2NO. The van der Waals surface area contributed by atoms with Crippen molar-refractivity contribution in [3.05, 3.63) is 29.8 Å². The van der Waals surface area contributed by atoms with Crippen molar-refractivity contribution in [2.24, 2.45) is 5.73 Å². The van der Waals surface area contributed by atoms with Gasteiger partial charge in [0.2, 0.25) is 0 Å². The molecule has 0 fully saturated rings. The van der Waals surface area contributed by atoms with Crippen LogP contribution < -0.4 is 10.5 Å². The number of hydrogen-bond donors (Lipinski definition) is 1. The van der Waals surface area contributed by atoms with Crippen LogP contribution >= 0.6 is 0 Å². The highest BCUT2D eigenvalue weighted by Crippen LogP contribution is 2.21. The quantitative estimate of drug-likeness (QED) is 0.810. The van der Waals surface area contributed by atoms with E-state index < -0.39 is 6.61 Å². The van der Waals surface area contributed by atoms with E-state index in [9.17, 15) is 8.78 Å². The fraction of sp³-hybridized carbons (Fsp3) is 0.400. The largest absolute Gasteiger partial charge is 0.435 e. The molecule has 0 spiro atoms. The molecule has 78 valence electrons. The first-order valence-electron chi connectivity index (χ1n) is 4.38. The Morgan fingerprint density at radius 1 is 1.36 bits per heavy atom. The van der Waals surface area contributed by atoms with E-state index in [0.29, 0.717) is 12.0 Å². The average Bonchev–Trinajstić information content (AvgIpc) is 2.06. The zero-order valence-electron chi connectivity index (χ0n) is 7.91. The van der Waals surface area contributed by atoms with Gasteiger partial charge in [0.15, 0.2) is 0 Å². The van der Waals surface area contributed by atoms with Crippen molar-refractivity contribution in [2.45, 2.75) is 26.0 Å². The van der Waals surface area contributed by atoms with Gasteiger partial charge >= 0.3 is 6.61 Å². The van der Waals surface area contributed by atoms with Crippen molar-refractivity contribution in [3.63, 3.8) is 0 Å². The molecule has 0 saturated carbocycles. The molecule has 1 atom stereocenters. The Labute approximate surface area is 81.7 Å². The smallest absolute Gasteiger partial charge is 0.387 e. The minimum atomic E-state index is -2.79. The average molecular weight is 201 g/mol. The molecule has 1 aromatic rings. The van der Waals surface area contributed by atoms with Crippen LogP contribution in [0.4, 0.5) is 8.78 Å². The highest BCUT2D eigenvalue weighted by atomic mass is 19.3. The summed E-state index contributed by atoms with van der Waals surface area (Å²) in [6, 6.07) is 6.61. The number of benzene rings is 1. The van der Waals surface area contributed by atoms with Crippen LogP contribution in [0.25, 0.3) is 0 Å². The van der Waals surface area contributed by atoms with Crippen molar-refractivity contribution in [3.8, 4) is 5.75 Å². The Morgan fingerprint density at radius 2 is 2.00 bits per heavy atom. The number of para-hydroxylation sites is 1. The van der Waals surface area contributed by atoms with Gasteiger partial charge in [0.1, 0.15) is 5.75 Å². The van der Waals surface area contributed by atoms with Gasteiger partial charge in [-0.1, -0.05) is 18.2 Å². The molecule has 1 unspecified atom stereocenters. The summed E-state index contributed by atoms with van der Waals surface area (Å²) in [6.07, 6.45) is 0.531. The number of ether oxygens (including phenoxy) is 1. The van der Waals surface area contributed by atoms with E-state index in [1.165, 1.54) is 6.07 Å². The molecule has 0 aromatic heterocycles. The number of halogens is 2. The predicted octanol–water partition coefficient (Wildman–Crippen LogP) is 2.18. The summed E-state index contributed by atoms with van der Waals surface area (Å²) in [4.78, 5) is 0. The topological polar surface area (TPSA) is 35.2 Å². The summed E-state index contributed by atoms with van der Waals surface area (Å²) >= 11 is 0. The van der Waals surface area contributed by atoms with Gasteiger partial charge in [-0.3, -0.25) is 0 Å². The van der Waals surface area contributed by atoms with Crippen LogP contribution in [0.5, 0.6) is 5.75 Å². The Hall–Kier alpha value is -1.16. The van der Waals surface area contributed by atoms with E-state index in [-0.39, 0.29) is 11.8 Å². The predicted molar refractivity (Wildman–Crippen MR) is 50.4 cm³/mol. The molecule has 4 heteroatoms. The van der Waals surface area contributed by atoms with E-state index >= 15 is 0 Å². The van der Waals surface area contributed by atoms with Gasteiger partial charge in [-0.15, -0.1) is 0 Å². The van der Waals surface area contributed by atoms with Gasteiger partial charge in [-0.2, -0.15) is 8.78 Å². The molecule has 0 saturated heterocycles. The van der Waals surface area contributed by atoms with E-state index in [1.54, 1.807) is 18.2 Å². The number of alkyl halides is 2. The van der Waals surface area contributed by atoms with Crippen LogP contribution in [0.1, 0.15) is 12.5 Å². The van der Waals surface area contributed by atoms with E-state index in [1.807, 2.05) is 6.92 Å². The van der Waals surface area contributed by atoms with Crippen LogP contribution in [0.3, 0.4) is 0 Å². The van der Waals surface area contributed by atoms with Crippen LogP contribution in [-0.2, 0) is 6.42 Å². The maximum atomic E-state index is 12.0. The molecule has 0 radical (unpaired) electrons. The minimum Gasteiger partial charge on any atom is -0.435 e. The number of rotatable bonds is 4. The van der Waals surface area contributed by atoms with E-state index in [4.69, 9.17) is 5.73 Å². The van der Waals surface area contributed by atoms with Crippen LogP contribution in [-0.4, -0.2) is 12.7 Å². The van der Waals surface area contributed by atoms with Crippen LogP contribution in [0, 0.1) is 0 Å². The monoisotopic (exact) mass is 201 g/mol. The summed E-state index contributed by atoms with van der Waals surface area (Å²) in [5.74, 6) is 0.208. The molecule has 1 aromatic carbocycles. The van der Waals surface area contributed by atoms with Gasteiger partial charge in [0.05, 0.1) is 0 Å². The van der Waals surface area contributed by atoms with Crippen molar-refractivity contribution >= 4 is 0 Å². The lowest BCUT2D eigenvalue weighted by Crippen LogP contribution is -2.18. The zero-order chi connectivity index (χ0) is 10.6. The van der Waals surface area contributed by atoms with Gasteiger partial charge in [0, 0.05) is 6.04 Å². The summed E-state index contributed by atoms with van der Waals surface area (Å²) in [5, 5.41) is 0. The lowest BCUT2D eigenvalue weighted by Gasteiger charge is -2.11. The third-order valence-electron chi connectivity index (χ3n) is 1.73. The third kappa shape index (κ3) is 3.30. The molecule has 0 amide bonds. The van der Waals surface area contributed by atoms with Crippen LogP contribution in [0.2, 0.25) is 0 Å². The van der Waals surface area contributed by atoms with Gasteiger partial charge in [-0.05, 0) is 25.0 Å². The lowest BCUT2D eigenvalue weighted by atomic mass is 10.1. The van der Waals surface area contributed by atoms with Crippen molar-refractivity contribution < 1.29 is 13.5 Å².